The highest BCUT2D eigenvalue weighted by Gasteiger charge is 2.27. The van der Waals surface area contributed by atoms with E-state index in [1.807, 2.05) is 46.8 Å². The topological polar surface area (TPSA) is 62.5 Å². The first-order valence-electron chi connectivity index (χ1n) is 9.85. The Morgan fingerprint density at radius 3 is 2.93 bits per heavy atom. The number of para-hydroxylation sites is 1. The number of rotatable bonds is 4. The Morgan fingerprint density at radius 1 is 1.24 bits per heavy atom. The molecule has 1 aliphatic rings. The van der Waals surface area contributed by atoms with E-state index in [-0.39, 0.29) is 5.91 Å². The van der Waals surface area contributed by atoms with Crippen LogP contribution in [0.5, 0.6) is 0 Å². The third kappa shape index (κ3) is 3.52. The van der Waals surface area contributed by atoms with Crippen molar-refractivity contribution in [2.45, 2.75) is 25.4 Å². The minimum absolute atomic E-state index is 0.115. The minimum Gasteiger partial charge on any atom is -0.356 e. The number of carbonyl (C=O) groups is 1. The zero-order chi connectivity index (χ0) is 19.8. The van der Waals surface area contributed by atoms with Crippen molar-refractivity contribution in [3.63, 3.8) is 0 Å². The van der Waals surface area contributed by atoms with Crippen LogP contribution in [0.3, 0.4) is 0 Å². The zero-order valence-electron chi connectivity index (χ0n) is 16.2. The Morgan fingerprint density at radius 2 is 2.07 bits per heavy atom. The maximum Gasteiger partial charge on any atom is 0.253 e. The van der Waals surface area contributed by atoms with E-state index in [9.17, 15) is 4.79 Å². The Balaban J connectivity index is 1.22. The Kier molecular flexibility index (Phi) is 4.77. The number of hydrogen-bond donors (Lipinski definition) is 0. The number of amides is 1. The van der Waals surface area contributed by atoms with E-state index in [2.05, 4.69) is 28.2 Å². The first-order valence-corrected chi connectivity index (χ1v) is 10.7. The summed E-state index contributed by atoms with van der Waals surface area (Å²) >= 11 is 1.57. The quantitative estimate of drug-likeness (QED) is 0.509. The lowest BCUT2D eigenvalue weighted by atomic mass is 10.0. The fourth-order valence-electron chi connectivity index (χ4n) is 4.10. The van der Waals surface area contributed by atoms with Crippen molar-refractivity contribution < 1.29 is 9.32 Å². The summed E-state index contributed by atoms with van der Waals surface area (Å²) in [6, 6.07) is 14.2. The third-order valence-electron chi connectivity index (χ3n) is 5.80. The van der Waals surface area contributed by atoms with E-state index >= 15 is 0 Å². The van der Waals surface area contributed by atoms with Gasteiger partial charge in [-0.05, 0) is 50.2 Å². The largest absolute Gasteiger partial charge is 0.356 e. The molecule has 2 aromatic heterocycles. The number of likely N-dealkylation sites (tertiary alicyclic amines) is 1. The van der Waals surface area contributed by atoms with Crippen LogP contribution >= 0.6 is 11.3 Å². The highest BCUT2D eigenvalue weighted by molar-refractivity contribution is 7.16. The van der Waals surface area contributed by atoms with Crippen molar-refractivity contribution in [1.29, 1.82) is 0 Å². The molecule has 0 atom stereocenters. The normalized spacial score (nSPS) is 15.6. The number of piperidine rings is 1. The van der Waals surface area contributed by atoms with Gasteiger partial charge in [-0.1, -0.05) is 17.3 Å². The van der Waals surface area contributed by atoms with Gasteiger partial charge in [0.1, 0.15) is 5.69 Å². The molecule has 7 heteroatoms. The van der Waals surface area contributed by atoms with Gasteiger partial charge in [0.05, 0.1) is 15.7 Å². The maximum absolute atomic E-state index is 12.9. The first-order chi connectivity index (χ1) is 14.2. The molecule has 6 nitrogen and oxygen atoms in total. The van der Waals surface area contributed by atoms with Gasteiger partial charge >= 0.3 is 0 Å². The average Bonchev–Trinajstić information content (AvgIpc) is 3.40. The molecule has 29 heavy (non-hydrogen) atoms. The van der Waals surface area contributed by atoms with Crippen LogP contribution in [0.15, 0.2) is 52.5 Å². The van der Waals surface area contributed by atoms with E-state index in [4.69, 9.17) is 4.52 Å². The molecule has 5 rings (SSSR count). The van der Waals surface area contributed by atoms with Crippen molar-refractivity contribution in [2.75, 3.05) is 20.1 Å². The second-order valence-electron chi connectivity index (χ2n) is 7.60. The summed E-state index contributed by atoms with van der Waals surface area (Å²) in [7, 11) is 2.13. The number of benzene rings is 2. The molecule has 1 amide bonds. The van der Waals surface area contributed by atoms with Gasteiger partial charge in [0.25, 0.3) is 5.91 Å². The van der Waals surface area contributed by atoms with E-state index in [0.717, 1.165) is 64.9 Å². The van der Waals surface area contributed by atoms with E-state index in [1.54, 1.807) is 11.3 Å². The lowest BCUT2D eigenvalue weighted by molar-refractivity contribution is 0.0638. The van der Waals surface area contributed by atoms with Crippen LogP contribution in [0.4, 0.5) is 0 Å². The number of thiazole rings is 1. The molecule has 2 aromatic carbocycles. The van der Waals surface area contributed by atoms with Crippen molar-refractivity contribution in [3.8, 4) is 0 Å². The second-order valence-corrected chi connectivity index (χ2v) is 8.49. The van der Waals surface area contributed by atoms with Crippen molar-refractivity contribution in [2.24, 2.45) is 0 Å². The van der Waals surface area contributed by atoms with Crippen molar-refractivity contribution in [1.82, 2.24) is 19.9 Å². The fraction of sp³-hybridized carbons (Fsp3) is 0.318. The molecule has 148 valence electrons. The van der Waals surface area contributed by atoms with E-state index < -0.39 is 0 Å². The van der Waals surface area contributed by atoms with Crippen LogP contribution in [-0.4, -0.2) is 52.0 Å². The standard InChI is InChI=1S/C22H22N4O2S/c1-25(13-19-17-4-2-3-5-20(17)28-24-19)16-8-10-26(11-9-16)22(27)15-6-7-18-21(12-15)29-14-23-18/h2-7,12,14,16H,8-11,13H2,1H3. The molecule has 0 aliphatic carbocycles. The number of fused-ring (bicyclic) bond motifs is 2. The van der Waals surface area contributed by atoms with Crippen LogP contribution in [0.1, 0.15) is 28.9 Å². The van der Waals surface area contributed by atoms with Gasteiger partial charge in [-0.25, -0.2) is 4.98 Å². The zero-order valence-corrected chi connectivity index (χ0v) is 17.1. The molecule has 0 N–H and O–H groups in total. The predicted molar refractivity (Wildman–Crippen MR) is 114 cm³/mol. The number of aromatic nitrogens is 2. The smallest absolute Gasteiger partial charge is 0.253 e. The highest BCUT2D eigenvalue weighted by atomic mass is 32.1. The summed E-state index contributed by atoms with van der Waals surface area (Å²) in [5.74, 6) is 0.115. The Hall–Kier alpha value is -2.77. The maximum atomic E-state index is 12.9. The molecule has 0 unspecified atom stereocenters. The average molecular weight is 407 g/mol. The molecule has 1 aliphatic heterocycles. The Bertz CT molecular complexity index is 1160. The summed E-state index contributed by atoms with van der Waals surface area (Å²) in [4.78, 5) is 21.5. The highest BCUT2D eigenvalue weighted by Crippen LogP contribution is 2.24. The van der Waals surface area contributed by atoms with Crippen LogP contribution in [-0.2, 0) is 6.54 Å². The molecule has 0 spiro atoms. The van der Waals surface area contributed by atoms with Gasteiger partial charge < -0.3 is 9.42 Å². The van der Waals surface area contributed by atoms with Gasteiger partial charge in [-0.15, -0.1) is 11.3 Å². The second kappa shape index (κ2) is 7.57. The summed E-state index contributed by atoms with van der Waals surface area (Å²) in [6.07, 6.45) is 1.92. The lowest BCUT2D eigenvalue weighted by Gasteiger charge is -2.36. The van der Waals surface area contributed by atoms with E-state index in [0.29, 0.717) is 6.04 Å². The van der Waals surface area contributed by atoms with Crippen LogP contribution in [0.2, 0.25) is 0 Å². The van der Waals surface area contributed by atoms with Crippen molar-refractivity contribution in [3.05, 3.63) is 59.2 Å². The molecule has 1 fully saturated rings. The van der Waals surface area contributed by atoms with Gasteiger partial charge in [0.2, 0.25) is 0 Å². The fourth-order valence-corrected chi connectivity index (χ4v) is 4.81. The summed E-state index contributed by atoms with van der Waals surface area (Å²) in [5, 5.41) is 5.32. The molecule has 1 saturated heterocycles. The summed E-state index contributed by atoms with van der Waals surface area (Å²) in [6.45, 7) is 2.29. The van der Waals surface area contributed by atoms with Gasteiger partial charge in [-0.2, -0.15) is 0 Å². The molecule has 3 heterocycles. The number of carbonyl (C=O) groups excluding carboxylic acids is 1. The van der Waals surface area contributed by atoms with Crippen LogP contribution < -0.4 is 0 Å². The lowest BCUT2D eigenvalue weighted by Crippen LogP contribution is -2.45. The molecular formula is C22H22N4O2S. The summed E-state index contributed by atoms with van der Waals surface area (Å²) in [5.41, 5.74) is 5.32. The molecular weight excluding hydrogens is 384 g/mol. The molecule has 0 bridgehead atoms. The molecule has 0 saturated carbocycles. The Labute approximate surface area is 172 Å². The SMILES string of the molecule is CN(Cc1noc2ccccc12)C1CCN(C(=O)c2ccc3ncsc3c2)CC1. The summed E-state index contributed by atoms with van der Waals surface area (Å²) < 4.78 is 6.49. The minimum atomic E-state index is 0.115. The van der Waals surface area contributed by atoms with Gasteiger partial charge in [-0.3, -0.25) is 9.69 Å². The number of hydrogen-bond acceptors (Lipinski definition) is 6. The van der Waals surface area contributed by atoms with E-state index in [1.165, 1.54) is 0 Å². The number of nitrogens with zero attached hydrogens (tertiary/aromatic N) is 4. The molecule has 0 radical (unpaired) electrons. The van der Waals surface area contributed by atoms with Crippen LogP contribution in [0.25, 0.3) is 21.2 Å². The first kappa shape index (κ1) is 18.3. The van der Waals surface area contributed by atoms with Crippen molar-refractivity contribution >= 4 is 38.4 Å². The molecule has 4 aromatic rings. The van der Waals surface area contributed by atoms with Gasteiger partial charge in [0.15, 0.2) is 5.58 Å². The van der Waals surface area contributed by atoms with Crippen LogP contribution in [0, 0.1) is 0 Å². The monoisotopic (exact) mass is 406 g/mol. The predicted octanol–water partition coefficient (Wildman–Crippen LogP) is 4.17. The third-order valence-corrected chi connectivity index (χ3v) is 6.60. The van der Waals surface area contributed by atoms with Gasteiger partial charge in [0, 0.05) is 36.6 Å².